The Bertz CT molecular complexity index is 1860. The monoisotopic (exact) mass is 697 g/mol. The molecule has 6 rings (SSSR count). The molecular weight excluding hydrogens is 661 g/mol. The van der Waals surface area contributed by atoms with Crippen molar-refractivity contribution in [1.29, 1.82) is 0 Å². The second kappa shape index (κ2) is 11.6. The van der Waals surface area contributed by atoms with Crippen molar-refractivity contribution in [2.75, 3.05) is 0 Å². The van der Waals surface area contributed by atoms with Crippen LogP contribution in [0.25, 0.3) is 44.5 Å². The molecule has 5 heteroatoms. The van der Waals surface area contributed by atoms with Crippen LogP contribution in [0.2, 0.25) is 19.6 Å². The Hall–Kier alpha value is -3.37. The molecule has 0 spiro atoms. The van der Waals surface area contributed by atoms with Crippen molar-refractivity contribution in [3.63, 3.8) is 0 Å². The molecule has 0 fully saturated rings. The molecule has 0 saturated carbocycles. The molecule has 0 aliphatic heterocycles. The Labute approximate surface area is 247 Å². The van der Waals surface area contributed by atoms with Gasteiger partial charge >= 0.3 is 0 Å². The maximum atomic E-state index is 7.49. The number of pyridine rings is 2. The van der Waals surface area contributed by atoms with Gasteiger partial charge in [-0.15, -0.1) is 54.1 Å². The van der Waals surface area contributed by atoms with E-state index >= 15 is 0 Å². The maximum Gasteiger partial charge on any atom is 0.120 e. The first kappa shape index (κ1) is 20.6. The third kappa shape index (κ3) is 6.02. The van der Waals surface area contributed by atoms with E-state index in [1.165, 1.54) is 17.6 Å². The Balaban J connectivity index is 0.000000223. The molecule has 38 heavy (non-hydrogen) atoms. The molecule has 6 aromatic rings. The van der Waals surface area contributed by atoms with Gasteiger partial charge in [0.15, 0.2) is 0 Å². The molecule has 3 nitrogen and oxygen atoms in total. The third-order valence-corrected chi connectivity index (χ3v) is 8.11. The van der Waals surface area contributed by atoms with Gasteiger partial charge in [-0.2, -0.15) is 0 Å². The molecule has 0 aliphatic rings. The fourth-order valence-electron chi connectivity index (χ4n) is 4.05. The van der Waals surface area contributed by atoms with Crippen LogP contribution in [0.5, 0.6) is 0 Å². The predicted octanol–water partition coefficient (Wildman–Crippen LogP) is 8.16. The minimum atomic E-state index is -2.16. The fraction of sp³-hybridized carbons (Fsp3) is 0.152. The van der Waals surface area contributed by atoms with E-state index < -0.39 is 21.8 Å². The second-order valence-electron chi connectivity index (χ2n) is 9.80. The zero-order valence-corrected chi connectivity index (χ0v) is 24.7. The Morgan fingerprint density at radius 2 is 1.50 bits per heavy atom. The Kier molecular flexibility index (Phi) is 6.26. The quantitative estimate of drug-likeness (QED) is 0.139. The van der Waals surface area contributed by atoms with Crippen molar-refractivity contribution in [2.45, 2.75) is 33.3 Å². The summed E-state index contributed by atoms with van der Waals surface area (Å²) in [6.07, 6.45) is 2.80. The molecule has 3 aromatic carbocycles. The molecule has 1 radical (unpaired) electrons. The largest absolute Gasteiger partial charge is 0.501 e. The Morgan fingerprint density at radius 3 is 2.11 bits per heavy atom. The summed E-state index contributed by atoms with van der Waals surface area (Å²) in [6.45, 7) is 2.69. The van der Waals surface area contributed by atoms with E-state index in [9.17, 15) is 0 Å². The average Bonchev–Trinajstić information content (AvgIpc) is 3.35. The van der Waals surface area contributed by atoms with Gasteiger partial charge in [-0.25, -0.2) is 0 Å². The number of benzene rings is 3. The molecule has 3 heterocycles. The van der Waals surface area contributed by atoms with Crippen molar-refractivity contribution in [3.8, 4) is 22.5 Å². The van der Waals surface area contributed by atoms with Crippen molar-refractivity contribution >= 4 is 35.2 Å². The molecule has 0 amide bonds. The first-order valence-electron chi connectivity index (χ1n) is 15.0. The van der Waals surface area contributed by atoms with Crippen LogP contribution in [-0.4, -0.2) is 18.0 Å². The molecule has 0 N–H and O–H groups in total. The second-order valence-corrected chi connectivity index (χ2v) is 14.9. The third-order valence-electron chi connectivity index (χ3n) is 6.07. The van der Waals surface area contributed by atoms with Gasteiger partial charge in [0, 0.05) is 46.1 Å². The van der Waals surface area contributed by atoms with E-state index in [0.717, 1.165) is 38.8 Å². The first-order chi connectivity index (χ1) is 20.2. The summed E-state index contributed by atoms with van der Waals surface area (Å²) in [7, 11) is -1.43. The summed E-state index contributed by atoms with van der Waals surface area (Å²) >= 11 is 0. The molecule has 193 valence electrons. The van der Waals surface area contributed by atoms with Gasteiger partial charge in [0.25, 0.3) is 0 Å². The van der Waals surface area contributed by atoms with E-state index in [1.807, 2.05) is 30.3 Å². The van der Waals surface area contributed by atoms with Crippen LogP contribution < -0.4 is 5.19 Å². The fourth-order valence-corrected chi connectivity index (χ4v) is 5.19. The summed E-state index contributed by atoms with van der Waals surface area (Å²) in [5, 5.41) is 3.43. The van der Waals surface area contributed by atoms with E-state index in [1.54, 1.807) is 30.3 Å². The zero-order valence-electron chi connectivity index (χ0n) is 27.3. The van der Waals surface area contributed by atoms with Crippen molar-refractivity contribution < 1.29 is 32.7 Å². The minimum Gasteiger partial charge on any atom is -0.501 e. The van der Waals surface area contributed by atoms with Crippen molar-refractivity contribution in [3.05, 3.63) is 115 Å². The number of fused-ring (bicyclic) bond motifs is 3. The smallest absolute Gasteiger partial charge is 0.120 e. The summed E-state index contributed by atoms with van der Waals surface area (Å²) < 4.78 is 50.4. The van der Waals surface area contributed by atoms with Gasteiger partial charge in [0.05, 0.1) is 13.7 Å². The Morgan fingerprint density at radius 1 is 0.763 bits per heavy atom. The number of rotatable bonds is 3. The molecule has 0 atom stereocenters. The van der Waals surface area contributed by atoms with Crippen LogP contribution in [0.15, 0.2) is 95.7 Å². The topological polar surface area (TPSA) is 38.9 Å². The first-order valence-corrected chi connectivity index (χ1v) is 15.5. The van der Waals surface area contributed by atoms with E-state index in [4.69, 9.17) is 12.6 Å². The van der Waals surface area contributed by atoms with Gasteiger partial charge in [0.1, 0.15) is 5.58 Å². The molecule has 3 aromatic heterocycles. The van der Waals surface area contributed by atoms with Crippen LogP contribution in [0.4, 0.5) is 0 Å². The number of nitrogens with zero attached hydrogens (tertiary/aromatic N) is 2. The summed E-state index contributed by atoms with van der Waals surface area (Å²) in [5.41, 5.74) is 5.07. The number of hydrogen-bond donors (Lipinski definition) is 0. The number of aromatic nitrogens is 2. The molecule has 0 saturated heterocycles. The average molecular weight is 697 g/mol. The SMILES string of the molecule is [2H]C([2H])([2H])c1ccc(-c2[c-]ccc3c2oc2cc([Si](C)(C)C)ccc23)nc1.[2H]C([2H])([2H])c1ccc(-c2[c-]cccc2)nc1.[Ir]. The summed E-state index contributed by atoms with van der Waals surface area (Å²) in [6, 6.07) is 30.6. The molecule has 0 bridgehead atoms. The summed E-state index contributed by atoms with van der Waals surface area (Å²) in [5.74, 6) is 0. The van der Waals surface area contributed by atoms with Gasteiger partial charge in [0.2, 0.25) is 0 Å². The van der Waals surface area contributed by atoms with E-state index in [2.05, 4.69) is 59.9 Å². The molecule has 0 aliphatic carbocycles. The standard InChI is InChI=1S/C21H20NOSi.C12H10N.Ir/c1-14-8-11-19(22-13-14)18-7-5-6-17-16-10-9-15(24(2,3)4)12-20(16)23-21(17)18;1-10-7-8-12(13-9-10)11-5-3-2-4-6-11;/h5-6,8-13H,1-4H3;2-5,7-9H,1H3;/q2*-1;/i2*1D3;. The van der Waals surface area contributed by atoms with Gasteiger partial charge in [-0.3, -0.25) is 0 Å². The van der Waals surface area contributed by atoms with Crippen LogP contribution in [0, 0.1) is 25.8 Å². The normalized spacial score (nSPS) is 14.1. The van der Waals surface area contributed by atoms with E-state index in [-0.39, 0.29) is 31.2 Å². The minimum absolute atomic E-state index is 0. The van der Waals surface area contributed by atoms with Crippen molar-refractivity contribution in [2.24, 2.45) is 0 Å². The summed E-state index contributed by atoms with van der Waals surface area (Å²) in [4.78, 5) is 8.47. The predicted molar refractivity (Wildman–Crippen MR) is 157 cm³/mol. The number of hydrogen-bond acceptors (Lipinski definition) is 3. The van der Waals surface area contributed by atoms with Gasteiger partial charge < -0.3 is 14.4 Å². The van der Waals surface area contributed by atoms with Crippen LogP contribution in [0.3, 0.4) is 0 Å². The van der Waals surface area contributed by atoms with Crippen molar-refractivity contribution in [1.82, 2.24) is 9.97 Å². The van der Waals surface area contributed by atoms with Crippen LogP contribution in [-0.2, 0) is 20.1 Å². The number of aryl methyl sites for hydroxylation is 2. The van der Waals surface area contributed by atoms with Gasteiger partial charge in [-0.1, -0.05) is 72.2 Å². The van der Waals surface area contributed by atoms with Crippen LogP contribution >= 0.6 is 0 Å². The van der Waals surface area contributed by atoms with Crippen LogP contribution in [0.1, 0.15) is 19.4 Å². The molecular formula is C33H30IrN2OSi-2. The van der Waals surface area contributed by atoms with Gasteiger partial charge in [-0.05, 0) is 42.3 Å². The molecule has 0 unspecified atom stereocenters. The van der Waals surface area contributed by atoms with E-state index in [0.29, 0.717) is 5.69 Å². The maximum absolute atomic E-state index is 7.49. The number of furan rings is 1. The zero-order chi connectivity index (χ0) is 31.0.